The molecule has 1 heterocycles. The fourth-order valence-corrected chi connectivity index (χ4v) is 3.38. The van der Waals surface area contributed by atoms with E-state index in [0.29, 0.717) is 6.04 Å². The van der Waals surface area contributed by atoms with Crippen LogP contribution in [-0.2, 0) is 5.75 Å². The summed E-state index contributed by atoms with van der Waals surface area (Å²) in [7, 11) is 5.46. The van der Waals surface area contributed by atoms with E-state index in [2.05, 4.69) is 5.32 Å². The van der Waals surface area contributed by atoms with E-state index in [1.165, 1.54) is 11.1 Å². The Labute approximate surface area is 107 Å². The molecule has 1 aromatic carbocycles. The number of hydrogen-bond donors (Lipinski definition) is 1. The Morgan fingerprint density at radius 2 is 1.94 bits per heavy atom. The Morgan fingerprint density at radius 3 is 2.59 bits per heavy atom. The highest BCUT2D eigenvalue weighted by atomic mass is 32.2. The van der Waals surface area contributed by atoms with Crippen LogP contribution in [0.15, 0.2) is 12.1 Å². The predicted octanol–water partition coefficient (Wildman–Crippen LogP) is 2.60. The van der Waals surface area contributed by atoms with Gasteiger partial charge in [-0.2, -0.15) is 11.8 Å². The van der Waals surface area contributed by atoms with E-state index in [9.17, 15) is 0 Å². The van der Waals surface area contributed by atoms with Gasteiger partial charge in [0.15, 0.2) is 0 Å². The second-order valence-corrected chi connectivity index (χ2v) is 5.15. The van der Waals surface area contributed by atoms with Crippen molar-refractivity contribution in [3.8, 4) is 11.5 Å². The van der Waals surface area contributed by atoms with E-state index < -0.39 is 0 Å². The van der Waals surface area contributed by atoms with Crippen molar-refractivity contribution < 1.29 is 9.47 Å². The molecule has 1 atom stereocenters. The van der Waals surface area contributed by atoms with Gasteiger partial charge in [-0.15, -0.1) is 0 Å². The van der Waals surface area contributed by atoms with Crippen LogP contribution in [0.2, 0.25) is 0 Å². The lowest BCUT2D eigenvalue weighted by Crippen LogP contribution is -2.18. The predicted molar refractivity (Wildman–Crippen MR) is 72.1 cm³/mol. The number of methoxy groups -OCH3 is 2. The minimum Gasteiger partial charge on any atom is -0.496 e. The van der Waals surface area contributed by atoms with Gasteiger partial charge in [-0.05, 0) is 31.4 Å². The molecule has 1 aliphatic heterocycles. The molecule has 0 saturated heterocycles. The minimum atomic E-state index is 0.352. The van der Waals surface area contributed by atoms with Gasteiger partial charge in [0.2, 0.25) is 0 Å². The number of fused-ring (bicyclic) bond motifs is 1. The molecule has 0 amide bonds. The monoisotopic (exact) mass is 253 g/mol. The summed E-state index contributed by atoms with van der Waals surface area (Å²) in [6.45, 7) is 0. The average Bonchev–Trinajstić information content (AvgIpc) is 2.59. The van der Waals surface area contributed by atoms with Crippen molar-refractivity contribution in [3.63, 3.8) is 0 Å². The third kappa shape index (κ3) is 2.38. The van der Waals surface area contributed by atoms with Gasteiger partial charge >= 0.3 is 0 Å². The van der Waals surface area contributed by atoms with Crippen LogP contribution in [0.4, 0.5) is 0 Å². The third-order valence-corrected chi connectivity index (χ3v) is 4.23. The standard InChI is InChI=1S/C13H19NO2S/c1-14-10-6-7-17-8-9-11(15-2)4-5-12(16-3)13(9)10/h4-5,10,14H,6-8H2,1-3H3. The molecule has 0 fully saturated rings. The van der Waals surface area contributed by atoms with Gasteiger partial charge in [0.1, 0.15) is 11.5 Å². The molecule has 0 radical (unpaired) electrons. The zero-order chi connectivity index (χ0) is 12.3. The summed E-state index contributed by atoms with van der Waals surface area (Å²) >= 11 is 1.95. The molecular formula is C13H19NO2S. The molecule has 0 aromatic heterocycles. The SMILES string of the molecule is CNC1CCSCc2c(OC)ccc(OC)c21. The summed E-state index contributed by atoms with van der Waals surface area (Å²) in [6, 6.07) is 4.35. The van der Waals surface area contributed by atoms with Gasteiger partial charge in [0.05, 0.1) is 14.2 Å². The molecule has 1 aliphatic rings. The van der Waals surface area contributed by atoms with E-state index >= 15 is 0 Å². The van der Waals surface area contributed by atoms with Crippen LogP contribution in [-0.4, -0.2) is 27.0 Å². The van der Waals surface area contributed by atoms with E-state index in [1.807, 2.05) is 30.9 Å². The van der Waals surface area contributed by atoms with Crippen molar-refractivity contribution in [1.82, 2.24) is 5.32 Å². The van der Waals surface area contributed by atoms with Crippen LogP contribution in [0, 0.1) is 0 Å². The molecule has 17 heavy (non-hydrogen) atoms. The smallest absolute Gasteiger partial charge is 0.124 e. The lowest BCUT2D eigenvalue weighted by molar-refractivity contribution is 0.388. The zero-order valence-electron chi connectivity index (χ0n) is 10.6. The second kappa shape index (κ2) is 5.65. The molecule has 0 saturated carbocycles. The van der Waals surface area contributed by atoms with Crippen LogP contribution in [0.3, 0.4) is 0 Å². The highest BCUT2D eigenvalue weighted by molar-refractivity contribution is 7.98. The number of thioether (sulfide) groups is 1. The summed E-state index contributed by atoms with van der Waals surface area (Å²) < 4.78 is 11.0. The van der Waals surface area contributed by atoms with Crippen molar-refractivity contribution in [1.29, 1.82) is 0 Å². The summed E-state index contributed by atoms with van der Waals surface area (Å²) in [5.41, 5.74) is 2.54. The molecule has 4 heteroatoms. The van der Waals surface area contributed by atoms with Crippen LogP contribution in [0.5, 0.6) is 11.5 Å². The Kier molecular flexibility index (Phi) is 4.18. The largest absolute Gasteiger partial charge is 0.496 e. The molecule has 0 spiro atoms. The van der Waals surface area contributed by atoms with Gasteiger partial charge in [0.25, 0.3) is 0 Å². The van der Waals surface area contributed by atoms with Crippen LogP contribution in [0.1, 0.15) is 23.6 Å². The van der Waals surface area contributed by atoms with Gasteiger partial charge in [-0.3, -0.25) is 0 Å². The van der Waals surface area contributed by atoms with Crippen LogP contribution < -0.4 is 14.8 Å². The maximum atomic E-state index is 5.49. The maximum absolute atomic E-state index is 5.49. The van der Waals surface area contributed by atoms with Crippen LogP contribution >= 0.6 is 11.8 Å². The van der Waals surface area contributed by atoms with Crippen LogP contribution in [0.25, 0.3) is 0 Å². The number of benzene rings is 1. The zero-order valence-corrected chi connectivity index (χ0v) is 11.4. The molecule has 1 aromatic rings. The minimum absolute atomic E-state index is 0.352. The summed E-state index contributed by atoms with van der Waals surface area (Å²) in [6.07, 6.45) is 1.12. The Balaban J connectivity index is 2.56. The van der Waals surface area contributed by atoms with Gasteiger partial charge in [0, 0.05) is 22.9 Å². The van der Waals surface area contributed by atoms with Crippen molar-refractivity contribution in [2.75, 3.05) is 27.0 Å². The van der Waals surface area contributed by atoms with Gasteiger partial charge in [-0.25, -0.2) is 0 Å². The fraction of sp³-hybridized carbons (Fsp3) is 0.538. The molecular weight excluding hydrogens is 234 g/mol. The summed E-state index contributed by atoms with van der Waals surface area (Å²) in [4.78, 5) is 0. The molecule has 1 N–H and O–H groups in total. The number of ether oxygens (including phenoxy) is 2. The van der Waals surface area contributed by atoms with Crippen molar-refractivity contribution in [3.05, 3.63) is 23.3 Å². The van der Waals surface area contributed by atoms with Crippen molar-refractivity contribution in [2.24, 2.45) is 0 Å². The lowest BCUT2D eigenvalue weighted by Gasteiger charge is -2.21. The summed E-state index contributed by atoms with van der Waals surface area (Å²) in [5, 5.41) is 3.38. The van der Waals surface area contributed by atoms with Gasteiger partial charge < -0.3 is 14.8 Å². The normalized spacial score (nSPS) is 19.4. The Morgan fingerprint density at radius 1 is 1.24 bits per heavy atom. The highest BCUT2D eigenvalue weighted by Gasteiger charge is 2.24. The van der Waals surface area contributed by atoms with E-state index in [0.717, 1.165) is 29.4 Å². The van der Waals surface area contributed by atoms with Crippen molar-refractivity contribution >= 4 is 11.8 Å². The number of nitrogens with one attached hydrogen (secondary N) is 1. The first-order valence-corrected chi connectivity index (χ1v) is 6.96. The first kappa shape index (κ1) is 12.6. The van der Waals surface area contributed by atoms with Gasteiger partial charge in [-0.1, -0.05) is 0 Å². The maximum Gasteiger partial charge on any atom is 0.124 e. The van der Waals surface area contributed by atoms with E-state index in [4.69, 9.17) is 9.47 Å². The molecule has 0 aliphatic carbocycles. The first-order chi connectivity index (χ1) is 8.31. The van der Waals surface area contributed by atoms with E-state index in [-0.39, 0.29) is 0 Å². The number of hydrogen-bond acceptors (Lipinski definition) is 4. The average molecular weight is 253 g/mol. The Hall–Kier alpha value is -0.870. The fourth-order valence-electron chi connectivity index (χ4n) is 2.33. The lowest BCUT2D eigenvalue weighted by atomic mass is 9.97. The topological polar surface area (TPSA) is 30.5 Å². The number of rotatable bonds is 3. The molecule has 2 rings (SSSR count). The molecule has 94 valence electrons. The molecule has 3 nitrogen and oxygen atoms in total. The summed E-state index contributed by atoms with van der Waals surface area (Å²) in [5.74, 6) is 4.08. The third-order valence-electron chi connectivity index (χ3n) is 3.21. The molecule has 1 unspecified atom stereocenters. The first-order valence-electron chi connectivity index (χ1n) is 5.80. The quantitative estimate of drug-likeness (QED) is 0.897. The highest BCUT2D eigenvalue weighted by Crippen LogP contribution is 2.41. The molecule has 0 bridgehead atoms. The Bertz CT molecular complexity index is 395. The van der Waals surface area contributed by atoms with E-state index in [1.54, 1.807) is 14.2 Å². The van der Waals surface area contributed by atoms with Crippen molar-refractivity contribution in [2.45, 2.75) is 18.2 Å². The second-order valence-electron chi connectivity index (χ2n) is 4.04.